The first-order valence-corrected chi connectivity index (χ1v) is 9.75. The molecule has 0 radical (unpaired) electrons. The number of halogens is 1. The molecular weight excluding hydrogens is 367 g/mol. The van der Waals surface area contributed by atoms with Gasteiger partial charge in [-0.3, -0.25) is 4.79 Å². The van der Waals surface area contributed by atoms with Crippen molar-refractivity contribution in [2.45, 2.75) is 38.6 Å². The molecule has 2 aromatic heterocycles. The number of hydrogen-bond donors (Lipinski definition) is 1. The summed E-state index contributed by atoms with van der Waals surface area (Å²) in [5.41, 5.74) is 0.624. The van der Waals surface area contributed by atoms with Crippen molar-refractivity contribution in [2.24, 2.45) is 5.92 Å². The molecule has 1 saturated carbocycles. The second kappa shape index (κ2) is 7.19. The summed E-state index contributed by atoms with van der Waals surface area (Å²) < 4.78 is 19.3. The maximum Gasteiger partial charge on any atom is 0.271 e. The highest BCUT2D eigenvalue weighted by molar-refractivity contribution is 7.13. The monoisotopic (exact) mass is 386 g/mol. The number of benzene rings is 1. The van der Waals surface area contributed by atoms with E-state index in [4.69, 9.17) is 4.52 Å². The molecule has 0 saturated heterocycles. The van der Waals surface area contributed by atoms with Gasteiger partial charge in [0, 0.05) is 16.9 Å². The van der Waals surface area contributed by atoms with Crippen molar-refractivity contribution in [1.29, 1.82) is 0 Å². The van der Waals surface area contributed by atoms with Gasteiger partial charge in [0.05, 0.1) is 0 Å². The van der Waals surface area contributed by atoms with Crippen LogP contribution in [0.3, 0.4) is 0 Å². The van der Waals surface area contributed by atoms with Crippen LogP contribution >= 0.6 is 11.3 Å². The van der Waals surface area contributed by atoms with Crippen LogP contribution in [0.5, 0.6) is 0 Å². The lowest BCUT2D eigenvalue weighted by atomic mass is 10.0. The molecule has 0 bridgehead atoms. The number of carbonyl (C=O) groups is 1. The Balaban J connectivity index is 1.52. The van der Waals surface area contributed by atoms with Crippen molar-refractivity contribution in [2.75, 3.05) is 0 Å². The maximum absolute atomic E-state index is 13.9. The Bertz CT molecular complexity index is 964. The number of nitrogens with zero attached hydrogens (tertiary/aromatic N) is 3. The predicted octanol–water partition coefficient (Wildman–Crippen LogP) is 4.34. The molecule has 3 aromatic rings. The van der Waals surface area contributed by atoms with Crippen LogP contribution in [0, 0.1) is 11.7 Å². The second-order valence-electron chi connectivity index (χ2n) is 6.98. The number of amides is 1. The smallest absolute Gasteiger partial charge is 0.271 e. The predicted molar refractivity (Wildman–Crippen MR) is 98.8 cm³/mol. The maximum atomic E-state index is 13.9. The first-order valence-electron chi connectivity index (χ1n) is 8.87. The third-order valence-electron chi connectivity index (χ3n) is 4.46. The van der Waals surface area contributed by atoms with Crippen molar-refractivity contribution in [3.05, 3.63) is 52.9 Å². The number of rotatable bonds is 6. The van der Waals surface area contributed by atoms with E-state index in [0.29, 0.717) is 28.2 Å². The van der Waals surface area contributed by atoms with E-state index in [1.807, 2.05) is 13.8 Å². The first kappa shape index (κ1) is 17.8. The zero-order valence-electron chi connectivity index (χ0n) is 15.0. The summed E-state index contributed by atoms with van der Waals surface area (Å²) in [6.07, 6.45) is 2.16. The van der Waals surface area contributed by atoms with Crippen LogP contribution in [-0.4, -0.2) is 21.0 Å². The fraction of sp³-hybridized carbons (Fsp3) is 0.368. The van der Waals surface area contributed by atoms with E-state index in [2.05, 4.69) is 20.4 Å². The van der Waals surface area contributed by atoms with Crippen molar-refractivity contribution < 1.29 is 13.7 Å². The lowest BCUT2D eigenvalue weighted by Gasteiger charge is -2.17. The molecule has 0 aliphatic heterocycles. The molecule has 1 aliphatic rings. The molecule has 1 aromatic carbocycles. The number of nitrogens with one attached hydrogen (secondary N) is 1. The van der Waals surface area contributed by atoms with Crippen molar-refractivity contribution in [1.82, 2.24) is 20.4 Å². The Hall–Kier alpha value is -2.61. The Morgan fingerprint density at radius 1 is 1.30 bits per heavy atom. The fourth-order valence-electron chi connectivity index (χ4n) is 2.75. The SMILES string of the molecule is CC(C)C(NC(=O)c1csc(-c2ccccc2F)n1)c1nc(C2CC2)no1. The van der Waals surface area contributed by atoms with Crippen LogP contribution in [0.15, 0.2) is 34.2 Å². The Kier molecular flexibility index (Phi) is 4.73. The van der Waals surface area contributed by atoms with Gasteiger partial charge in [-0.1, -0.05) is 31.1 Å². The zero-order valence-corrected chi connectivity index (χ0v) is 15.8. The van der Waals surface area contributed by atoms with Crippen LogP contribution in [0.2, 0.25) is 0 Å². The molecule has 1 N–H and O–H groups in total. The van der Waals surface area contributed by atoms with Crippen LogP contribution in [0.25, 0.3) is 10.6 Å². The van der Waals surface area contributed by atoms with Crippen molar-refractivity contribution in [3.63, 3.8) is 0 Å². The summed E-state index contributed by atoms with van der Waals surface area (Å²) in [6, 6.07) is 5.97. The third-order valence-corrected chi connectivity index (χ3v) is 5.34. The minimum atomic E-state index is -0.406. The van der Waals surface area contributed by atoms with Crippen molar-refractivity contribution in [3.8, 4) is 10.6 Å². The average molecular weight is 386 g/mol. The Morgan fingerprint density at radius 3 is 2.78 bits per heavy atom. The summed E-state index contributed by atoms with van der Waals surface area (Å²) in [7, 11) is 0. The minimum absolute atomic E-state index is 0.0612. The van der Waals surface area contributed by atoms with Gasteiger partial charge in [0.2, 0.25) is 5.89 Å². The zero-order chi connectivity index (χ0) is 19.0. The molecule has 6 nitrogen and oxygen atoms in total. The number of hydrogen-bond acceptors (Lipinski definition) is 6. The quantitative estimate of drug-likeness (QED) is 0.682. The summed E-state index contributed by atoms with van der Waals surface area (Å²) in [6.45, 7) is 3.94. The topological polar surface area (TPSA) is 80.9 Å². The molecule has 1 fully saturated rings. The van der Waals surface area contributed by atoms with Crippen LogP contribution in [0.1, 0.15) is 60.9 Å². The molecule has 1 atom stereocenters. The van der Waals surface area contributed by atoms with Crippen LogP contribution in [0.4, 0.5) is 4.39 Å². The lowest BCUT2D eigenvalue weighted by Crippen LogP contribution is -2.32. The second-order valence-corrected chi connectivity index (χ2v) is 7.84. The van der Waals surface area contributed by atoms with E-state index in [1.165, 1.54) is 17.4 Å². The Labute approximate surface area is 159 Å². The fourth-order valence-corrected chi connectivity index (χ4v) is 3.57. The van der Waals surface area contributed by atoms with Crippen molar-refractivity contribution >= 4 is 17.2 Å². The molecular formula is C19H19FN4O2S. The highest BCUT2D eigenvalue weighted by Gasteiger charge is 2.32. The van der Waals surface area contributed by atoms with Gasteiger partial charge >= 0.3 is 0 Å². The first-order chi connectivity index (χ1) is 13.0. The van der Waals surface area contributed by atoms with E-state index in [-0.39, 0.29) is 23.3 Å². The van der Waals surface area contributed by atoms with Crippen LogP contribution < -0.4 is 5.32 Å². The minimum Gasteiger partial charge on any atom is -0.339 e. The van der Waals surface area contributed by atoms with E-state index < -0.39 is 6.04 Å². The number of aromatic nitrogens is 3. The normalized spacial score (nSPS) is 15.1. The van der Waals surface area contributed by atoms with Gasteiger partial charge in [-0.05, 0) is 30.9 Å². The highest BCUT2D eigenvalue weighted by Crippen LogP contribution is 2.38. The summed E-state index contributed by atoms with van der Waals surface area (Å²) in [4.78, 5) is 21.4. The lowest BCUT2D eigenvalue weighted by molar-refractivity contribution is 0.0909. The Morgan fingerprint density at radius 2 is 2.07 bits per heavy atom. The van der Waals surface area contributed by atoms with Gasteiger partial charge in [0.15, 0.2) is 5.82 Å². The van der Waals surface area contributed by atoms with Gasteiger partial charge in [-0.25, -0.2) is 9.37 Å². The molecule has 140 valence electrons. The van der Waals surface area contributed by atoms with Gasteiger partial charge < -0.3 is 9.84 Å². The summed E-state index contributed by atoms with van der Waals surface area (Å²) in [5.74, 6) is 0.847. The molecule has 1 aliphatic carbocycles. The number of thiazole rings is 1. The van der Waals surface area contributed by atoms with Gasteiger partial charge in [0.1, 0.15) is 22.6 Å². The molecule has 27 heavy (non-hydrogen) atoms. The average Bonchev–Trinajstić information content (AvgIpc) is 3.18. The molecule has 4 rings (SSSR count). The highest BCUT2D eigenvalue weighted by atomic mass is 32.1. The summed E-state index contributed by atoms with van der Waals surface area (Å²) >= 11 is 1.23. The van der Waals surface area contributed by atoms with Crippen LogP contribution in [-0.2, 0) is 0 Å². The van der Waals surface area contributed by atoms with E-state index in [1.54, 1.807) is 23.6 Å². The van der Waals surface area contributed by atoms with Gasteiger partial charge in [0.25, 0.3) is 5.91 Å². The number of carbonyl (C=O) groups excluding carboxylic acids is 1. The molecule has 8 heteroatoms. The van der Waals surface area contributed by atoms with Gasteiger partial charge in [-0.15, -0.1) is 11.3 Å². The van der Waals surface area contributed by atoms with Gasteiger partial charge in [-0.2, -0.15) is 4.98 Å². The third kappa shape index (κ3) is 3.75. The van der Waals surface area contributed by atoms with E-state index in [0.717, 1.165) is 12.8 Å². The largest absolute Gasteiger partial charge is 0.339 e. The standard InChI is InChI=1S/C19H19FN4O2S/c1-10(2)15(18-23-16(24-26-18)11-7-8-11)22-17(25)14-9-27-19(21-14)12-5-3-4-6-13(12)20/h3-6,9-11,15H,7-8H2,1-2H3,(H,22,25). The molecule has 1 amide bonds. The van der Waals surface area contributed by atoms with E-state index in [9.17, 15) is 9.18 Å². The van der Waals surface area contributed by atoms with E-state index >= 15 is 0 Å². The molecule has 0 spiro atoms. The summed E-state index contributed by atoms with van der Waals surface area (Å²) in [5, 5.41) is 9.03. The molecule has 1 unspecified atom stereocenters. The molecule has 2 heterocycles.